The van der Waals surface area contributed by atoms with Crippen molar-refractivity contribution in [3.8, 4) is 0 Å². The molecule has 0 saturated carbocycles. The van der Waals surface area contributed by atoms with Crippen molar-refractivity contribution >= 4 is 23.7 Å². The van der Waals surface area contributed by atoms with Crippen molar-refractivity contribution < 1.29 is 0 Å². The molecule has 0 amide bonds. The quantitative estimate of drug-likeness (QED) is 0.503. The van der Waals surface area contributed by atoms with E-state index in [1.165, 1.54) is 0 Å². The van der Waals surface area contributed by atoms with E-state index in [2.05, 4.69) is 85.6 Å². The first-order valence-electron chi connectivity index (χ1n) is 7.34. The SMILES string of the molecule is CC(C)(C)P(=N[Si](C)(C)C)(N[Si](C)(C)C)C(C)(C)C. The monoisotopic (exact) mass is 320 g/mol. The summed E-state index contributed by atoms with van der Waals surface area (Å²) in [6, 6.07) is 0. The minimum atomic E-state index is -1.61. The minimum absolute atomic E-state index is 0.214. The van der Waals surface area contributed by atoms with Gasteiger partial charge in [-0.3, -0.25) is 0 Å². The molecule has 2 nitrogen and oxygen atoms in total. The summed E-state index contributed by atoms with van der Waals surface area (Å²) >= 11 is 0. The van der Waals surface area contributed by atoms with Crippen molar-refractivity contribution in [3.05, 3.63) is 0 Å². The van der Waals surface area contributed by atoms with Gasteiger partial charge < -0.3 is 9.16 Å². The third kappa shape index (κ3) is 5.49. The van der Waals surface area contributed by atoms with Crippen LogP contribution in [-0.2, 0) is 0 Å². The van der Waals surface area contributed by atoms with Crippen LogP contribution in [0.4, 0.5) is 0 Å². The lowest BCUT2D eigenvalue weighted by Gasteiger charge is -2.51. The third-order valence-electron chi connectivity index (χ3n) is 2.89. The Morgan fingerprint density at radius 3 is 1.21 bits per heavy atom. The van der Waals surface area contributed by atoms with Crippen LogP contribution in [0.2, 0.25) is 39.3 Å². The van der Waals surface area contributed by atoms with Crippen LogP contribution in [0.1, 0.15) is 41.5 Å². The van der Waals surface area contributed by atoms with Gasteiger partial charge in [0.1, 0.15) is 8.24 Å². The van der Waals surface area contributed by atoms with Gasteiger partial charge in [0.15, 0.2) is 8.24 Å². The van der Waals surface area contributed by atoms with Crippen molar-refractivity contribution in [2.75, 3.05) is 0 Å². The lowest BCUT2D eigenvalue weighted by atomic mass is 10.2. The summed E-state index contributed by atoms with van der Waals surface area (Å²) in [5.41, 5.74) is 0. The number of nitrogens with one attached hydrogen (secondary N) is 1. The predicted octanol–water partition coefficient (Wildman–Crippen LogP) is 5.96. The molecule has 0 atom stereocenters. The molecular formula is C14H37N2PSi2. The molecule has 116 valence electrons. The van der Waals surface area contributed by atoms with Gasteiger partial charge in [-0.2, -0.15) is 0 Å². The van der Waals surface area contributed by atoms with E-state index < -0.39 is 23.7 Å². The van der Waals surface area contributed by atoms with Crippen molar-refractivity contribution in [2.45, 2.75) is 91.1 Å². The molecule has 0 aliphatic heterocycles. The first kappa shape index (κ1) is 19.6. The van der Waals surface area contributed by atoms with Crippen LogP contribution in [-0.4, -0.2) is 26.8 Å². The molecule has 0 saturated heterocycles. The van der Waals surface area contributed by atoms with Crippen molar-refractivity contribution in [1.29, 1.82) is 0 Å². The Hall–Kier alpha value is 0.624. The zero-order valence-electron chi connectivity index (χ0n) is 15.4. The molecule has 0 aromatic rings. The Morgan fingerprint density at radius 2 is 1.05 bits per heavy atom. The average Bonchev–Trinajstić information content (AvgIpc) is 1.91. The summed E-state index contributed by atoms with van der Waals surface area (Å²) in [5.74, 6) is 0. The van der Waals surface area contributed by atoms with Gasteiger partial charge in [0.2, 0.25) is 0 Å². The third-order valence-corrected chi connectivity index (χ3v) is 14.3. The average molecular weight is 321 g/mol. The number of nitrogens with zero attached hydrogens (tertiary/aromatic N) is 1. The van der Waals surface area contributed by atoms with Gasteiger partial charge in [0, 0.05) is 17.5 Å². The van der Waals surface area contributed by atoms with E-state index in [1.54, 1.807) is 0 Å². The largest absolute Gasteiger partial charge is 0.324 e. The number of hydrogen-bond donors (Lipinski definition) is 1. The second-order valence-electron chi connectivity index (χ2n) is 9.61. The van der Waals surface area contributed by atoms with Crippen LogP contribution < -0.4 is 4.75 Å². The van der Waals surface area contributed by atoms with Gasteiger partial charge in [0.05, 0.1) is 0 Å². The fourth-order valence-corrected chi connectivity index (χ4v) is 17.8. The molecule has 0 radical (unpaired) electrons. The Bertz CT molecular complexity index is 345. The Labute approximate surface area is 124 Å². The lowest BCUT2D eigenvalue weighted by molar-refractivity contribution is 0.687. The highest BCUT2D eigenvalue weighted by Crippen LogP contribution is 2.67. The van der Waals surface area contributed by atoms with Crippen LogP contribution in [0.25, 0.3) is 0 Å². The molecule has 0 heterocycles. The standard InChI is InChI=1S/C14H37N2PSi2/c1-13(2,3)17(14(4,5)6,15-18(7,8)9)16-19(10,11)12/h15H,1-12H3. The molecule has 0 spiro atoms. The van der Waals surface area contributed by atoms with E-state index in [9.17, 15) is 0 Å². The van der Waals surface area contributed by atoms with Gasteiger partial charge in [-0.25, -0.2) is 0 Å². The van der Waals surface area contributed by atoms with Gasteiger partial charge in [0.25, 0.3) is 0 Å². The topological polar surface area (TPSA) is 24.4 Å². The van der Waals surface area contributed by atoms with Crippen LogP contribution in [0.15, 0.2) is 4.41 Å². The second-order valence-corrected chi connectivity index (χ2v) is 24.1. The molecule has 0 unspecified atom stereocenters. The highest BCUT2D eigenvalue weighted by atomic mass is 31.2. The van der Waals surface area contributed by atoms with Crippen molar-refractivity contribution in [2.24, 2.45) is 4.41 Å². The molecule has 0 aliphatic carbocycles. The van der Waals surface area contributed by atoms with Gasteiger partial charge in [-0.15, -0.1) is 0 Å². The highest BCUT2D eigenvalue weighted by molar-refractivity contribution is 7.70. The summed E-state index contributed by atoms with van der Waals surface area (Å²) in [6.45, 7) is 28.6. The molecule has 5 heteroatoms. The zero-order chi connectivity index (χ0) is 15.9. The van der Waals surface area contributed by atoms with Crippen molar-refractivity contribution in [1.82, 2.24) is 4.75 Å². The van der Waals surface area contributed by atoms with E-state index in [0.717, 1.165) is 0 Å². The Balaban J connectivity index is 6.33. The summed E-state index contributed by atoms with van der Waals surface area (Å²) in [7, 11) is -4.47. The molecular weight excluding hydrogens is 283 g/mol. The fourth-order valence-electron chi connectivity index (χ4n) is 2.60. The van der Waals surface area contributed by atoms with Crippen molar-refractivity contribution in [3.63, 3.8) is 0 Å². The summed E-state index contributed by atoms with van der Waals surface area (Å²) < 4.78 is 9.67. The van der Waals surface area contributed by atoms with E-state index in [4.69, 9.17) is 4.41 Å². The molecule has 0 fully saturated rings. The molecule has 0 aliphatic rings. The molecule has 1 N–H and O–H groups in total. The number of rotatable bonds is 3. The van der Waals surface area contributed by atoms with Gasteiger partial charge in [-0.1, -0.05) is 80.8 Å². The molecule has 0 aromatic carbocycles. The van der Waals surface area contributed by atoms with E-state index in [0.29, 0.717) is 0 Å². The maximum absolute atomic E-state index is 5.54. The summed E-state index contributed by atoms with van der Waals surface area (Å²) in [6.07, 6.45) is 0. The van der Waals surface area contributed by atoms with Gasteiger partial charge in [-0.05, 0) is 0 Å². The molecule has 0 rings (SSSR count). The smallest absolute Gasteiger partial charge is 0.172 e. The maximum Gasteiger partial charge on any atom is 0.172 e. The molecule has 0 aromatic heterocycles. The zero-order valence-corrected chi connectivity index (χ0v) is 18.3. The Morgan fingerprint density at radius 1 is 0.737 bits per heavy atom. The van der Waals surface area contributed by atoms with E-state index in [-0.39, 0.29) is 10.3 Å². The maximum atomic E-state index is 5.54. The number of hydrogen-bond acceptors (Lipinski definition) is 1. The Kier molecular flexibility index (Phi) is 5.61. The van der Waals surface area contributed by atoms with E-state index >= 15 is 0 Å². The highest BCUT2D eigenvalue weighted by Gasteiger charge is 2.46. The first-order valence-corrected chi connectivity index (χ1v) is 16.0. The van der Waals surface area contributed by atoms with Crippen LogP contribution in [0, 0.1) is 0 Å². The fraction of sp³-hybridized carbons (Fsp3) is 1.00. The van der Waals surface area contributed by atoms with Crippen LogP contribution >= 0.6 is 7.21 Å². The van der Waals surface area contributed by atoms with Crippen LogP contribution in [0.3, 0.4) is 0 Å². The summed E-state index contributed by atoms with van der Waals surface area (Å²) in [5, 5.41) is 0.428. The first-order chi connectivity index (χ1) is 7.91. The minimum Gasteiger partial charge on any atom is -0.324 e. The predicted molar refractivity (Wildman–Crippen MR) is 98.7 cm³/mol. The molecule has 0 bridgehead atoms. The lowest BCUT2D eigenvalue weighted by Crippen LogP contribution is -2.49. The van der Waals surface area contributed by atoms with E-state index in [1.807, 2.05) is 0 Å². The molecule has 19 heavy (non-hydrogen) atoms. The summed E-state index contributed by atoms with van der Waals surface area (Å²) in [4.78, 5) is 0. The second kappa shape index (κ2) is 5.43. The normalized spacial score (nSPS) is 15.6. The van der Waals surface area contributed by atoms with Gasteiger partial charge >= 0.3 is 0 Å². The van der Waals surface area contributed by atoms with Crippen LogP contribution in [0.5, 0.6) is 0 Å².